The van der Waals surface area contributed by atoms with E-state index in [2.05, 4.69) is 95.6 Å². The van der Waals surface area contributed by atoms with Crippen LogP contribution in [0.4, 0.5) is 0 Å². The summed E-state index contributed by atoms with van der Waals surface area (Å²) in [4.78, 5) is 0. The van der Waals surface area contributed by atoms with Gasteiger partial charge in [0.15, 0.2) is 0 Å². The van der Waals surface area contributed by atoms with Crippen molar-refractivity contribution in [2.75, 3.05) is 13.1 Å². The summed E-state index contributed by atoms with van der Waals surface area (Å²) in [5.41, 5.74) is 5.49. The molecule has 3 rings (SSSR count). The zero-order valence-corrected chi connectivity index (χ0v) is 15.3. The van der Waals surface area contributed by atoms with E-state index in [-0.39, 0.29) is 0 Å². The Balaban J connectivity index is 1.36. The first-order chi connectivity index (χ1) is 12.9. The molecule has 0 heterocycles. The highest BCUT2D eigenvalue weighted by Gasteiger charge is 1.98. The van der Waals surface area contributed by atoms with Crippen molar-refractivity contribution in [3.8, 4) is 0 Å². The summed E-state index contributed by atoms with van der Waals surface area (Å²) in [7, 11) is 0. The molecule has 2 nitrogen and oxygen atoms in total. The molecule has 26 heavy (non-hydrogen) atoms. The topological polar surface area (TPSA) is 24.1 Å². The van der Waals surface area contributed by atoms with Crippen LogP contribution in [0.15, 0.2) is 84.9 Å². The van der Waals surface area contributed by atoms with Crippen molar-refractivity contribution in [1.29, 1.82) is 0 Å². The SMILES string of the molecule is c1ccc(CNCCc2cccc(CCNCc3ccccc3)c2)cc1. The molecule has 134 valence electrons. The van der Waals surface area contributed by atoms with Crippen molar-refractivity contribution in [3.63, 3.8) is 0 Å². The van der Waals surface area contributed by atoms with E-state index in [4.69, 9.17) is 0 Å². The summed E-state index contributed by atoms with van der Waals surface area (Å²) in [6.07, 6.45) is 2.14. The van der Waals surface area contributed by atoms with Crippen molar-refractivity contribution in [1.82, 2.24) is 10.6 Å². The zero-order chi connectivity index (χ0) is 17.9. The molecule has 0 bridgehead atoms. The van der Waals surface area contributed by atoms with Crippen LogP contribution in [-0.4, -0.2) is 13.1 Å². The Morgan fingerprint density at radius 1 is 0.462 bits per heavy atom. The second-order valence-electron chi connectivity index (χ2n) is 6.64. The van der Waals surface area contributed by atoms with Gasteiger partial charge in [-0.15, -0.1) is 0 Å². The molecule has 0 saturated carbocycles. The first-order valence-corrected chi connectivity index (χ1v) is 9.47. The van der Waals surface area contributed by atoms with E-state index in [9.17, 15) is 0 Å². The molecule has 0 fully saturated rings. The molecule has 0 saturated heterocycles. The summed E-state index contributed by atoms with van der Waals surface area (Å²) in [5, 5.41) is 7.06. The molecule has 2 N–H and O–H groups in total. The first kappa shape index (κ1) is 18.4. The number of hydrogen-bond donors (Lipinski definition) is 2. The molecule has 0 aliphatic rings. The van der Waals surface area contributed by atoms with Gasteiger partial charge in [0.25, 0.3) is 0 Å². The summed E-state index contributed by atoms with van der Waals surface area (Å²) in [5.74, 6) is 0. The Morgan fingerprint density at radius 2 is 0.885 bits per heavy atom. The summed E-state index contributed by atoms with van der Waals surface area (Å²) in [6.45, 7) is 3.88. The van der Waals surface area contributed by atoms with Gasteiger partial charge in [-0.3, -0.25) is 0 Å². The van der Waals surface area contributed by atoms with Crippen LogP contribution in [-0.2, 0) is 25.9 Å². The minimum Gasteiger partial charge on any atom is -0.312 e. The third-order valence-electron chi connectivity index (χ3n) is 4.52. The Morgan fingerprint density at radius 3 is 1.35 bits per heavy atom. The average molecular weight is 345 g/mol. The Kier molecular flexibility index (Phi) is 7.45. The third-order valence-corrected chi connectivity index (χ3v) is 4.52. The van der Waals surface area contributed by atoms with Gasteiger partial charge < -0.3 is 10.6 Å². The van der Waals surface area contributed by atoms with E-state index in [0.29, 0.717) is 0 Å². The summed E-state index contributed by atoms with van der Waals surface area (Å²) in [6, 6.07) is 30.1. The summed E-state index contributed by atoms with van der Waals surface area (Å²) < 4.78 is 0. The maximum Gasteiger partial charge on any atom is 0.0205 e. The molecule has 0 radical (unpaired) electrons. The van der Waals surface area contributed by atoms with E-state index in [0.717, 1.165) is 39.0 Å². The molecule has 0 unspecified atom stereocenters. The van der Waals surface area contributed by atoms with E-state index in [1.807, 2.05) is 0 Å². The molecule has 0 aromatic heterocycles. The van der Waals surface area contributed by atoms with Gasteiger partial charge in [-0.05, 0) is 48.2 Å². The second kappa shape index (κ2) is 10.5. The largest absolute Gasteiger partial charge is 0.312 e. The molecule has 0 aliphatic heterocycles. The van der Waals surface area contributed by atoms with Gasteiger partial charge in [0, 0.05) is 13.1 Å². The normalized spacial score (nSPS) is 10.8. The molecule has 2 heteroatoms. The highest BCUT2D eigenvalue weighted by atomic mass is 14.8. The van der Waals surface area contributed by atoms with Gasteiger partial charge >= 0.3 is 0 Å². The molecule has 0 amide bonds. The molecule has 0 spiro atoms. The standard InChI is InChI=1S/C24H28N2/c1-3-8-23(9-4-1)19-25-16-14-21-12-7-13-22(18-21)15-17-26-20-24-10-5-2-6-11-24/h1-13,18,25-26H,14-17,19-20H2. The van der Waals surface area contributed by atoms with Crippen LogP contribution in [0.5, 0.6) is 0 Å². The van der Waals surface area contributed by atoms with Gasteiger partial charge in [-0.1, -0.05) is 84.9 Å². The number of benzene rings is 3. The highest BCUT2D eigenvalue weighted by Crippen LogP contribution is 2.07. The fraction of sp³-hybridized carbons (Fsp3) is 0.250. The highest BCUT2D eigenvalue weighted by molar-refractivity contribution is 5.24. The van der Waals surface area contributed by atoms with E-state index < -0.39 is 0 Å². The predicted molar refractivity (Wildman–Crippen MR) is 110 cm³/mol. The molecule has 3 aromatic rings. The average Bonchev–Trinajstić information content (AvgIpc) is 2.71. The quantitative estimate of drug-likeness (QED) is 0.534. The van der Waals surface area contributed by atoms with Crippen LogP contribution in [0.3, 0.4) is 0 Å². The summed E-state index contributed by atoms with van der Waals surface area (Å²) >= 11 is 0. The Bertz CT molecular complexity index is 691. The predicted octanol–water partition coefficient (Wildman–Crippen LogP) is 4.35. The molecule has 0 aliphatic carbocycles. The van der Waals surface area contributed by atoms with Gasteiger partial charge in [-0.2, -0.15) is 0 Å². The van der Waals surface area contributed by atoms with Crippen molar-refractivity contribution >= 4 is 0 Å². The maximum absolute atomic E-state index is 3.53. The molecule has 3 aromatic carbocycles. The minimum absolute atomic E-state index is 0.934. The maximum atomic E-state index is 3.53. The first-order valence-electron chi connectivity index (χ1n) is 9.47. The van der Waals surface area contributed by atoms with Crippen LogP contribution in [0, 0.1) is 0 Å². The van der Waals surface area contributed by atoms with Crippen molar-refractivity contribution in [2.45, 2.75) is 25.9 Å². The van der Waals surface area contributed by atoms with E-state index in [1.54, 1.807) is 0 Å². The van der Waals surface area contributed by atoms with Gasteiger partial charge in [-0.25, -0.2) is 0 Å². The van der Waals surface area contributed by atoms with E-state index >= 15 is 0 Å². The molecular weight excluding hydrogens is 316 g/mol. The van der Waals surface area contributed by atoms with Crippen LogP contribution in [0.1, 0.15) is 22.3 Å². The van der Waals surface area contributed by atoms with Crippen molar-refractivity contribution in [2.24, 2.45) is 0 Å². The lowest BCUT2D eigenvalue weighted by molar-refractivity contribution is 0.680. The zero-order valence-electron chi connectivity index (χ0n) is 15.3. The van der Waals surface area contributed by atoms with Gasteiger partial charge in [0.1, 0.15) is 0 Å². The minimum atomic E-state index is 0.934. The van der Waals surface area contributed by atoms with Crippen LogP contribution in [0.2, 0.25) is 0 Å². The lowest BCUT2D eigenvalue weighted by Gasteiger charge is -2.08. The van der Waals surface area contributed by atoms with Crippen molar-refractivity contribution < 1.29 is 0 Å². The van der Waals surface area contributed by atoms with Crippen LogP contribution < -0.4 is 10.6 Å². The number of rotatable bonds is 10. The lowest BCUT2D eigenvalue weighted by atomic mass is 10.1. The van der Waals surface area contributed by atoms with Crippen molar-refractivity contribution in [3.05, 3.63) is 107 Å². The Labute approximate surface area is 157 Å². The second-order valence-corrected chi connectivity index (χ2v) is 6.64. The third kappa shape index (κ3) is 6.47. The van der Waals surface area contributed by atoms with Gasteiger partial charge in [0.2, 0.25) is 0 Å². The van der Waals surface area contributed by atoms with Crippen LogP contribution in [0.25, 0.3) is 0 Å². The lowest BCUT2D eigenvalue weighted by Crippen LogP contribution is -2.17. The number of hydrogen-bond acceptors (Lipinski definition) is 2. The van der Waals surface area contributed by atoms with Crippen LogP contribution >= 0.6 is 0 Å². The Hall–Kier alpha value is -2.42. The van der Waals surface area contributed by atoms with Gasteiger partial charge in [0.05, 0.1) is 0 Å². The number of nitrogens with one attached hydrogen (secondary N) is 2. The van der Waals surface area contributed by atoms with E-state index in [1.165, 1.54) is 22.3 Å². The molecule has 0 atom stereocenters. The molecular formula is C24H28N2. The fourth-order valence-corrected chi connectivity index (χ4v) is 3.06. The fourth-order valence-electron chi connectivity index (χ4n) is 3.06. The smallest absolute Gasteiger partial charge is 0.0205 e. The monoisotopic (exact) mass is 344 g/mol.